The summed E-state index contributed by atoms with van der Waals surface area (Å²) in [5.41, 5.74) is 10.2. The topological polar surface area (TPSA) is 85.0 Å². The zero-order valence-electron chi connectivity index (χ0n) is 13.2. The number of anilines is 1. The maximum absolute atomic E-state index is 12.0. The van der Waals surface area contributed by atoms with Gasteiger partial charge in [-0.15, -0.1) is 5.10 Å². The predicted octanol–water partition coefficient (Wildman–Crippen LogP) is 2.58. The second kappa shape index (κ2) is 6.14. The second-order valence-electron chi connectivity index (χ2n) is 5.74. The molecule has 0 unspecified atom stereocenters. The first kappa shape index (κ1) is 15.5. The van der Waals surface area contributed by atoms with Gasteiger partial charge >= 0.3 is 0 Å². The van der Waals surface area contributed by atoms with Gasteiger partial charge < -0.3 is 10.6 Å². The zero-order valence-corrected chi connectivity index (χ0v) is 13.9. The third kappa shape index (κ3) is 2.81. The molecule has 1 aromatic heterocycles. The number of carbonyl (C=O) groups excluding carboxylic acids is 1. The van der Waals surface area contributed by atoms with Gasteiger partial charge in [0.15, 0.2) is 11.6 Å². The number of allylic oxidation sites excluding steroid dienone is 3. The number of aromatic nitrogens is 3. The first-order valence-electron chi connectivity index (χ1n) is 7.74. The van der Waals surface area contributed by atoms with Crippen molar-refractivity contribution in [2.45, 2.75) is 6.42 Å². The van der Waals surface area contributed by atoms with E-state index in [4.69, 9.17) is 17.3 Å². The zero-order chi connectivity index (χ0) is 17.4. The lowest BCUT2D eigenvalue weighted by Gasteiger charge is -2.33. The van der Waals surface area contributed by atoms with Crippen molar-refractivity contribution in [3.05, 3.63) is 70.9 Å². The first-order valence-corrected chi connectivity index (χ1v) is 8.12. The number of hydrogen-bond donors (Lipinski definition) is 1. The Morgan fingerprint density at radius 1 is 1.20 bits per heavy atom. The highest BCUT2D eigenvalue weighted by molar-refractivity contribution is 6.31. The van der Waals surface area contributed by atoms with Gasteiger partial charge in [-0.1, -0.05) is 11.6 Å². The molecule has 2 N–H and O–H groups in total. The van der Waals surface area contributed by atoms with Gasteiger partial charge in [-0.2, -0.15) is 5.10 Å². The van der Waals surface area contributed by atoms with Crippen LogP contribution in [0.25, 0.3) is 11.3 Å². The molecule has 124 valence electrons. The van der Waals surface area contributed by atoms with Crippen LogP contribution in [0.1, 0.15) is 17.8 Å². The summed E-state index contributed by atoms with van der Waals surface area (Å²) in [4.78, 5) is 18.3. The lowest BCUT2D eigenvalue weighted by molar-refractivity contribution is -0.113. The Hall–Kier alpha value is -2.99. The van der Waals surface area contributed by atoms with Crippen molar-refractivity contribution in [3.8, 4) is 0 Å². The van der Waals surface area contributed by atoms with Crippen LogP contribution in [0.5, 0.6) is 0 Å². The van der Waals surface area contributed by atoms with E-state index in [9.17, 15) is 4.79 Å². The molecule has 4 rings (SSSR count). The highest BCUT2D eigenvalue weighted by Crippen LogP contribution is 2.37. The minimum absolute atomic E-state index is 0.00425. The number of fused-ring (bicyclic) bond motifs is 1. The molecule has 2 aromatic rings. The number of rotatable bonds is 2. The van der Waals surface area contributed by atoms with Gasteiger partial charge in [0.1, 0.15) is 0 Å². The van der Waals surface area contributed by atoms with Crippen molar-refractivity contribution in [1.82, 2.24) is 15.2 Å². The van der Waals surface area contributed by atoms with Crippen LogP contribution < -0.4 is 10.6 Å². The van der Waals surface area contributed by atoms with Crippen LogP contribution in [-0.4, -0.2) is 27.5 Å². The van der Waals surface area contributed by atoms with Gasteiger partial charge in [0.05, 0.1) is 11.9 Å². The molecule has 6 nitrogen and oxygen atoms in total. The van der Waals surface area contributed by atoms with Crippen LogP contribution in [0.4, 0.5) is 5.69 Å². The van der Waals surface area contributed by atoms with Crippen LogP contribution in [0.3, 0.4) is 0 Å². The number of nitrogens with zero attached hydrogens (tertiary/aromatic N) is 4. The summed E-state index contributed by atoms with van der Waals surface area (Å²) >= 11 is 6.20. The number of ketones is 1. The van der Waals surface area contributed by atoms with Crippen LogP contribution in [0, 0.1) is 0 Å². The molecule has 0 radical (unpaired) electrons. The molecular formula is C18H14ClN5O. The van der Waals surface area contributed by atoms with Crippen molar-refractivity contribution >= 4 is 34.3 Å². The molecule has 7 heteroatoms. The quantitative estimate of drug-likeness (QED) is 0.895. The number of hydrogen-bond acceptors (Lipinski definition) is 6. The molecule has 1 aliphatic carbocycles. The van der Waals surface area contributed by atoms with Crippen molar-refractivity contribution < 1.29 is 4.79 Å². The van der Waals surface area contributed by atoms with Gasteiger partial charge in [0.2, 0.25) is 0 Å². The molecule has 0 saturated heterocycles. The predicted molar refractivity (Wildman–Crippen MR) is 96.5 cm³/mol. The van der Waals surface area contributed by atoms with E-state index in [1.807, 2.05) is 24.3 Å². The van der Waals surface area contributed by atoms with Gasteiger partial charge in [0, 0.05) is 46.7 Å². The molecule has 0 fully saturated rings. The minimum Gasteiger partial charge on any atom is -0.398 e. The molecule has 0 amide bonds. The molecule has 0 saturated carbocycles. The molecule has 2 aliphatic rings. The number of carbonyl (C=O) groups is 1. The van der Waals surface area contributed by atoms with E-state index >= 15 is 0 Å². The fraction of sp³-hybridized carbons (Fsp3) is 0.111. The average molecular weight is 352 g/mol. The fourth-order valence-electron chi connectivity index (χ4n) is 3.03. The number of nitrogens with two attached hydrogens (primary N) is 1. The first-order chi connectivity index (χ1) is 12.1. The summed E-state index contributed by atoms with van der Waals surface area (Å²) in [5, 5.41) is 8.57. The highest BCUT2D eigenvalue weighted by atomic mass is 35.5. The summed E-state index contributed by atoms with van der Waals surface area (Å²) in [7, 11) is 0. The van der Waals surface area contributed by atoms with Crippen molar-refractivity contribution in [2.75, 3.05) is 11.4 Å². The van der Waals surface area contributed by atoms with Crippen molar-refractivity contribution in [2.24, 2.45) is 5.73 Å². The molecule has 0 spiro atoms. The number of halogens is 1. The molecule has 2 heterocycles. The summed E-state index contributed by atoms with van der Waals surface area (Å²) in [6.45, 7) is 0.566. The summed E-state index contributed by atoms with van der Waals surface area (Å²) in [6.07, 6.45) is 8.59. The largest absolute Gasteiger partial charge is 0.398 e. The lowest BCUT2D eigenvalue weighted by atomic mass is 9.97. The Labute approximate surface area is 149 Å². The van der Waals surface area contributed by atoms with E-state index in [1.54, 1.807) is 18.3 Å². The van der Waals surface area contributed by atoms with Gasteiger partial charge in [-0.3, -0.25) is 4.79 Å². The highest BCUT2D eigenvalue weighted by Gasteiger charge is 2.26. The van der Waals surface area contributed by atoms with Crippen molar-refractivity contribution in [3.63, 3.8) is 0 Å². The third-order valence-electron chi connectivity index (χ3n) is 4.19. The Bertz CT molecular complexity index is 949. The Balaban J connectivity index is 1.89. The van der Waals surface area contributed by atoms with Gasteiger partial charge in [-0.05, 0) is 36.4 Å². The lowest BCUT2D eigenvalue weighted by Crippen LogP contribution is -2.29. The van der Waals surface area contributed by atoms with E-state index in [2.05, 4.69) is 20.1 Å². The molecule has 25 heavy (non-hydrogen) atoms. The van der Waals surface area contributed by atoms with Crippen LogP contribution in [-0.2, 0) is 4.79 Å². The summed E-state index contributed by atoms with van der Waals surface area (Å²) in [6, 6.07) is 5.58. The van der Waals surface area contributed by atoms with E-state index in [-0.39, 0.29) is 12.2 Å². The molecular weight excluding hydrogens is 338 g/mol. The Morgan fingerprint density at radius 3 is 2.88 bits per heavy atom. The SMILES string of the molecule is NC1=CCN(C2=C(c3nccnn3)CC(=O)C=C2)c2cc(Cl)ccc21. The van der Waals surface area contributed by atoms with Crippen LogP contribution >= 0.6 is 11.6 Å². The number of benzene rings is 1. The van der Waals surface area contributed by atoms with Crippen LogP contribution in [0.15, 0.2) is 54.5 Å². The third-order valence-corrected chi connectivity index (χ3v) is 4.42. The average Bonchev–Trinajstić information content (AvgIpc) is 2.63. The van der Waals surface area contributed by atoms with E-state index in [0.717, 1.165) is 22.5 Å². The van der Waals surface area contributed by atoms with Gasteiger partial charge in [0.25, 0.3) is 0 Å². The Kier molecular flexibility index (Phi) is 3.82. The van der Waals surface area contributed by atoms with Crippen LogP contribution in [0.2, 0.25) is 5.02 Å². The van der Waals surface area contributed by atoms with E-state index in [0.29, 0.717) is 23.1 Å². The normalized spacial score (nSPS) is 16.8. The Morgan fingerprint density at radius 2 is 2.08 bits per heavy atom. The summed E-state index contributed by atoms with van der Waals surface area (Å²) in [5.74, 6) is 0.450. The smallest absolute Gasteiger partial charge is 0.180 e. The molecule has 1 aliphatic heterocycles. The maximum atomic E-state index is 12.0. The fourth-order valence-corrected chi connectivity index (χ4v) is 3.19. The second-order valence-corrected chi connectivity index (χ2v) is 6.17. The van der Waals surface area contributed by atoms with Crippen molar-refractivity contribution in [1.29, 1.82) is 0 Å². The molecule has 0 atom stereocenters. The van der Waals surface area contributed by atoms with E-state index in [1.165, 1.54) is 6.20 Å². The maximum Gasteiger partial charge on any atom is 0.180 e. The molecule has 0 bridgehead atoms. The minimum atomic E-state index is 0.00425. The molecule has 1 aromatic carbocycles. The van der Waals surface area contributed by atoms with Gasteiger partial charge in [-0.25, -0.2) is 4.98 Å². The monoisotopic (exact) mass is 351 g/mol. The van der Waals surface area contributed by atoms with E-state index < -0.39 is 0 Å². The summed E-state index contributed by atoms with van der Waals surface area (Å²) < 4.78 is 0. The standard InChI is InChI=1S/C18H14ClN5O/c19-11-1-3-13-15(20)5-8-24(17(13)9-11)16-4-2-12(25)10-14(16)18-21-6-7-22-23-18/h1-7,9H,8,10,20H2.